The van der Waals surface area contributed by atoms with E-state index in [1.165, 1.54) is 12.3 Å². The van der Waals surface area contributed by atoms with Gasteiger partial charge in [-0.15, -0.1) is 0 Å². The number of piperidine rings is 1. The van der Waals surface area contributed by atoms with Crippen LogP contribution in [0.2, 0.25) is 5.02 Å². The first-order valence-electron chi connectivity index (χ1n) is 14.5. The van der Waals surface area contributed by atoms with Gasteiger partial charge in [-0.25, -0.2) is 9.37 Å². The Morgan fingerprint density at radius 1 is 1.14 bits per heavy atom. The maximum atomic E-state index is 14.0. The number of benzene rings is 1. The van der Waals surface area contributed by atoms with Crippen LogP contribution in [-0.2, 0) is 14.3 Å². The fourth-order valence-corrected chi connectivity index (χ4v) is 6.25. The van der Waals surface area contributed by atoms with Gasteiger partial charge in [0.05, 0.1) is 30.8 Å². The van der Waals surface area contributed by atoms with E-state index in [1.54, 1.807) is 0 Å². The van der Waals surface area contributed by atoms with Crippen molar-refractivity contribution in [3.63, 3.8) is 0 Å². The predicted octanol–water partition coefficient (Wildman–Crippen LogP) is 3.10. The molecule has 0 unspecified atom stereocenters. The second kappa shape index (κ2) is 12.7. The van der Waals surface area contributed by atoms with Gasteiger partial charge >= 0.3 is 0 Å². The van der Waals surface area contributed by atoms with Crippen LogP contribution >= 0.6 is 11.6 Å². The van der Waals surface area contributed by atoms with E-state index in [1.807, 2.05) is 18.2 Å². The summed E-state index contributed by atoms with van der Waals surface area (Å²) < 4.78 is 31.0. The molecule has 4 saturated heterocycles. The van der Waals surface area contributed by atoms with Crippen molar-refractivity contribution in [3.8, 4) is 5.88 Å². The molecule has 6 rings (SSSR count). The maximum Gasteiger partial charge on any atom is 0.247 e. The molecule has 2 N–H and O–H groups in total. The van der Waals surface area contributed by atoms with Crippen LogP contribution in [0.1, 0.15) is 12.8 Å². The van der Waals surface area contributed by atoms with E-state index in [4.69, 9.17) is 25.8 Å². The van der Waals surface area contributed by atoms with E-state index in [-0.39, 0.29) is 36.0 Å². The minimum Gasteiger partial charge on any atom is -0.468 e. The third kappa shape index (κ3) is 6.32. The molecule has 1 aromatic heterocycles. The molecule has 13 heteroatoms. The lowest BCUT2D eigenvalue weighted by Crippen LogP contribution is -2.52. The van der Waals surface area contributed by atoms with E-state index in [0.717, 1.165) is 57.8 Å². The molecule has 1 amide bonds. The van der Waals surface area contributed by atoms with Gasteiger partial charge in [0.25, 0.3) is 0 Å². The highest BCUT2D eigenvalue weighted by Crippen LogP contribution is 2.35. The molecule has 4 fully saturated rings. The van der Waals surface area contributed by atoms with E-state index < -0.39 is 24.5 Å². The van der Waals surface area contributed by atoms with Crippen molar-refractivity contribution in [3.05, 3.63) is 42.1 Å². The number of aromatic nitrogens is 2. The summed E-state index contributed by atoms with van der Waals surface area (Å²) in [5.41, 5.74) is 2.29. The number of rotatable bonds is 8. The third-order valence-electron chi connectivity index (χ3n) is 8.48. The molecular formula is C29H37ClFN7O4. The SMILES string of the molecule is C=CC(=O)Nc1cc(Nc2ncc(Cl)c(O[C@H]3CO[C@@H]4[C@H]3OC[C@@H]4F)n2)ccc1N1CCC(N2CCN(C)CC2)CC1. The second-order valence-electron chi connectivity index (χ2n) is 11.2. The molecule has 0 bridgehead atoms. The minimum atomic E-state index is -1.18. The number of nitrogens with one attached hydrogen (secondary N) is 2. The molecule has 4 atom stereocenters. The Labute approximate surface area is 249 Å². The van der Waals surface area contributed by atoms with Crippen LogP contribution in [0.25, 0.3) is 0 Å². The normalized spacial score (nSPS) is 27.1. The summed E-state index contributed by atoms with van der Waals surface area (Å²) >= 11 is 6.32. The average Bonchev–Trinajstić information content (AvgIpc) is 3.58. The highest BCUT2D eigenvalue weighted by Gasteiger charge is 2.49. The van der Waals surface area contributed by atoms with E-state index >= 15 is 0 Å². The molecule has 2 aromatic rings. The van der Waals surface area contributed by atoms with E-state index in [2.05, 4.69) is 48.9 Å². The van der Waals surface area contributed by atoms with Crippen LogP contribution in [0.15, 0.2) is 37.1 Å². The van der Waals surface area contributed by atoms with Gasteiger partial charge in [0.2, 0.25) is 17.7 Å². The topological polar surface area (TPSA) is 104 Å². The summed E-state index contributed by atoms with van der Waals surface area (Å²) in [4.78, 5) is 28.4. The lowest BCUT2D eigenvalue weighted by atomic mass is 10.0. The van der Waals surface area contributed by atoms with Gasteiger partial charge in [-0.05, 0) is 44.2 Å². The number of hydrogen-bond acceptors (Lipinski definition) is 10. The lowest BCUT2D eigenvalue weighted by molar-refractivity contribution is -0.111. The number of ether oxygens (including phenoxy) is 3. The number of likely N-dealkylation sites (N-methyl/N-ethyl adjacent to an activating group) is 1. The first kappa shape index (κ1) is 29.1. The molecule has 0 aliphatic carbocycles. The van der Waals surface area contributed by atoms with Gasteiger partial charge < -0.3 is 34.6 Å². The first-order chi connectivity index (χ1) is 20.4. The van der Waals surface area contributed by atoms with Gasteiger partial charge in [-0.1, -0.05) is 18.2 Å². The van der Waals surface area contributed by atoms with Crippen LogP contribution < -0.4 is 20.3 Å². The average molecular weight is 602 g/mol. The summed E-state index contributed by atoms with van der Waals surface area (Å²) in [5.74, 6) is 0.109. The van der Waals surface area contributed by atoms with Crippen LogP contribution in [0, 0.1) is 0 Å². The van der Waals surface area contributed by atoms with Gasteiger partial charge in [-0.3, -0.25) is 9.69 Å². The number of anilines is 4. The van der Waals surface area contributed by atoms with Crippen molar-refractivity contribution in [1.29, 1.82) is 0 Å². The zero-order chi connectivity index (χ0) is 29.2. The summed E-state index contributed by atoms with van der Waals surface area (Å²) in [6.07, 6.45) is 1.97. The number of alkyl halides is 1. The van der Waals surface area contributed by atoms with Crippen molar-refractivity contribution in [2.45, 2.75) is 43.4 Å². The Morgan fingerprint density at radius 3 is 2.67 bits per heavy atom. The molecule has 4 aliphatic rings. The highest BCUT2D eigenvalue weighted by molar-refractivity contribution is 6.31. The third-order valence-corrected chi connectivity index (χ3v) is 8.74. The molecule has 0 spiro atoms. The Morgan fingerprint density at radius 2 is 1.90 bits per heavy atom. The quantitative estimate of drug-likeness (QED) is 0.439. The van der Waals surface area contributed by atoms with Gasteiger partial charge in [0.1, 0.15) is 17.2 Å². The van der Waals surface area contributed by atoms with Crippen LogP contribution in [-0.4, -0.2) is 116 Å². The summed E-state index contributed by atoms with van der Waals surface area (Å²) in [7, 11) is 2.18. The molecule has 0 saturated carbocycles. The molecule has 226 valence electrons. The summed E-state index contributed by atoms with van der Waals surface area (Å²) in [5, 5.41) is 6.35. The molecular weight excluding hydrogens is 565 g/mol. The number of amides is 1. The van der Waals surface area contributed by atoms with Crippen molar-refractivity contribution in [2.75, 3.05) is 75.1 Å². The second-order valence-corrected chi connectivity index (χ2v) is 11.6. The standard InChI is InChI=1S/C29H37ClFN7O4/c1-3-25(39)34-22-14-18(4-5-23(22)38-8-6-19(7-9-38)37-12-10-36(2)11-13-37)33-29-32-15-20(30)28(35-29)42-24-17-41-26-21(31)16-40-27(24)26/h3-5,14-15,19,21,24,26-27H,1,6-13,16-17H2,2H3,(H,34,39)(H,32,33,35)/t21-,24-,26-,27-/m0/s1. The largest absolute Gasteiger partial charge is 0.468 e. The van der Waals surface area contributed by atoms with Gasteiger partial charge in [0.15, 0.2) is 12.3 Å². The number of carbonyl (C=O) groups excluding carboxylic acids is 1. The minimum absolute atomic E-state index is 0.0193. The monoisotopic (exact) mass is 601 g/mol. The highest BCUT2D eigenvalue weighted by atomic mass is 35.5. The molecule has 4 aliphatic heterocycles. The fraction of sp³-hybridized carbons (Fsp3) is 0.552. The zero-order valence-corrected chi connectivity index (χ0v) is 24.4. The predicted molar refractivity (Wildman–Crippen MR) is 159 cm³/mol. The number of halogens is 2. The smallest absolute Gasteiger partial charge is 0.247 e. The molecule has 42 heavy (non-hydrogen) atoms. The number of carbonyl (C=O) groups is 1. The summed E-state index contributed by atoms with van der Waals surface area (Å²) in [6.45, 7) is 10.0. The van der Waals surface area contributed by atoms with Crippen molar-refractivity contribution >= 4 is 40.5 Å². The Kier molecular flexibility index (Phi) is 8.77. The molecule has 1 aromatic carbocycles. The van der Waals surface area contributed by atoms with E-state index in [0.29, 0.717) is 17.4 Å². The lowest BCUT2D eigenvalue weighted by Gasteiger charge is -2.43. The molecule has 11 nitrogen and oxygen atoms in total. The molecule has 0 radical (unpaired) electrons. The zero-order valence-electron chi connectivity index (χ0n) is 23.7. The summed E-state index contributed by atoms with van der Waals surface area (Å²) in [6, 6.07) is 6.35. The number of nitrogens with zero attached hydrogens (tertiary/aromatic N) is 5. The first-order valence-corrected chi connectivity index (χ1v) is 14.8. The van der Waals surface area contributed by atoms with Crippen molar-refractivity contribution in [2.24, 2.45) is 0 Å². The van der Waals surface area contributed by atoms with Gasteiger partial charge in [0, 0.05) is 51.0 Å². The van der Waals surface area contributed by atoms with Crippen LogP contribution in [0.4, 0.5) is 27.4 Å². The Balaban J connectivity index is 1.14. The van der Waals surface area contributed by atoms with Crippen LogP contribution in [0.3, 0.4) is 0 Å². The van der Waals surface area contributed by atoms with Crippen molar-refractivity contribution in [1.82, 2.24) is 19.8 Å². The number of fused-ring (bicyclic) bond motifs is 1. The van der Waals surface area contributed by atoms with E-state index in [9.17, 15) is 9.18 Å². The fourth-order valence-electron chi connectivity index (χ4n) is 6.12. The maximum absolute atomic E-state index is 14.0. The number of piperazine rings is 1. The van der Waals surface area contributed by atoms with Crippen LogP contribution in [0.5, 0.6) is 5.88 Å². The Hall–Kier alpha value is -3.03. The molecule has 5 heterocycles. The number of hydrogen-bond donors (Lipinski definition) is 2. The Bertz CT molecular complexity index is 1290. The van der Waals surface area contributed by atoms with Crippen molar-refractivity contribution < 1.29 is 23.4 Å². The van der Waals surface area contributed by atoms with Gasteiger partial charge in [-0.2, -0.15) is 4.98 Å².